The van der Waals surface area contributed by atoms with Crippen LogP contribution in [0.4, 0.5) is 27.9 Å². The number of sulfonamides is 1. The predicted molar refractivity (Wildman–Crippen MR) is 178 cm³/mol. The molecule has 0 spiro atoms. The second-order valence-electron chi connectivity index (χ2n) is 9.57. The third kappa shape index (κ3) is 8.55. The summed E-state index contributed by atoms with van der Waals surface area (Å²) in [6.07, 6.45) is 0.747. The summed E-state index contributed by atoms with van der Waals surface area (Å²) in [5, 5.41) is 15.9. The highest BCUT2D eigenvalue weighted by atomic mass is 35.5. The number of hydrogen-bond donors (Lipinski definition) is 5. The van der Waals surface area contributed by atoms with Gasteiger partial charge in [0, 0.05) is 34.1 Å². The Bertz CT molecular complexity index is 1890. The van der Waals surface area contributed by atoms with Crippen molar-refractivity contribution in [3.63, 3.8) is 0 Å². The van der Waals surface area contributed by atoms with E-state index in [1.54, 1.807) is 68.6 Å². The number of aliphatic hydroxyl groups excluding tert-OH is 1. The van der Waals surface area contributed by atoms with Crippen molar-refractivity contribution in [3.05, 3.63) is 83.0 Å². The van der Waals surface area contributed by atoms with Gasteiger partial charge in [0.25, 0.3) is 10.0 Å². The van der Waals surface area contributed by atoms with Crippen LogP contribution in [0.5, 0.6) is 0 Å². The Morgan fingerprint density at radius 2 is 1.69 bits per heavy atom. The van der Waals surface area contributed by atoms with Gasteiger partial charge in [-0.3, -0.25) is 4.72 Å². The van der Waals surface area contributed by atoms with Gasteiger partial charge in [-0.2, -0.15) is 4.98 Å². The molecule has 0 fully saturated rings. The standard InChI is InChI=1S/C29H30Cl2N6O6S2/c1-4-43-29(39)37-44(3,40)22-14-12-20(13-15-22)34-28-32-16-23(27(35-28)33-18(2)17-38)19-8-10-21(11-9-19)36-45(41,42)25-7-5-6-24(30)26(25)31/h5-16,18,36,38H,3-4,17H2,1-2H3,(H,37,39,40)(H2,32,33,34,35)/t18-,44?/m1/s1. The summed E-state index contributed by atoms with van der Waals surface area (Å²) >= 11 is 12.1. The van der Waals surface area contributed by atoms with Crippen LogP contribution in [0.3, 0.4) is 0 Å². The average Bonchev–Trinajstić information content (AvgIpc) is 2.99. The van der Waals surface area contributed by atoms with Crippen molar-refractivity contribution >= 4 is 78.0 Å². The molecule has 0 aliphatic heterocycles. The van der Waals surface area contributed by atoms with Crippen molar-refractivity contribution < 1.29 is 27.3 Å². The number of anilines is 4. The molecule has 238 valence electrons. The summed E-state index contributed by atoms with van der Waals surface area (Å²) in [7, 11) is -7.14. The van der Waals surface area contributed by atoms with Gasteiger partial charge in [-0.25, -0.2) is 27.1 Å². The van der Waals surface area contributed by atoms with Crippen LogP contribution < -0.4 is 20.1 Å². The first kappa shape index (κ1) is 33.8. The Labute approximate surface area is 271 Å². The number of carbonyl (C=O) groups excluding carboxylic acids is 1. The van der Waals surface area contributed by atoms with Gasteiger partial charge >= 0.3 is 6.09 Å². The lowest BCUT2D eigenvalue weighted by Crippen LogP contribution is -2.30. The van der Waals surface area contributed by atoms with Crippen LogP contribution in [0, 0.1) is 0 Å². The number of aliphatic hydroxyl groups is 1. The lowest BCUT2D eigenvalue weighted by atomic mass is 10.1. The molecule has 1 aromatic heterocycles. The van der Waals surface area contributed by atoms with Crippen molar-refractivity contribution in [2.45, 2.75) is 29.7 Å². The molecule has 4 aromatic rings. The maximum atomic E-state index is 12.9. The Morgan fingerprint density at radius 3 is 2.33 bits per heavy atom. The molecule has 1 amide bonds. The van der Waals surface area contributed by atoms with Gasteiger partial charge in [0.15, 0.2) is 0 Å². The normalized spacial score (nSPS) is 13.3. The highest BCUT2D eigenvalue weighted by molar-refractivity contribution is 7.99. The first-order valence-corrected chi connectivity index (χ1v) is 17.3. The van der Waals surface area contributed by atoms with Crippen LogP contribution in [0.15, 0.2) is 82.7 Å². The number of nitrogens with one attached hydrogen (secondary N) is 4. The van der Waals surface area contributed by atoms with E-state index in [4.69, 9.17) is 27.9 Å². The zero-order valence-corrected chi connectivity index (χ0v) is 27.2. The lowest BCUT2D eigenvalue weighted by molar-refractivity contribution is 0.159. The highest BCUT2D eigenvalue weighted by Crippen LogP contribution is 2.32. The number of rotatable bonds is 12. The minimum Gasteiger partial charge on any atom is -0.449 e. The van der Waals surface area contributed by atoms with Crippen molar-refractivity contribution in [2.75, 3.05) is 28.6 Å². The number of aromatic nitrogens is 2. The van der Waals surface area contributed by atoms with E-state index in [-0.39, 0.29) is 45.0 Å². The second kappa shape index (κ2) is 14.3. The number of amides is 1. The van der Waals surface area contributed by atoms with E-state index < -0.39 is 25.8 Å². The maximum Gasteiger partial charge on any atom is 0.418 e. The number of hydrogen-bond acceptors (Lipinski definition) is 10. The number of carbonyl (C=O) groups is 1. The minimum atomic E-state index is -4.01. The van der Waals surface area contributed by atoms with Gasteiger partial charge < -0.3 is 20.5 Å². The Balaban J connectivity index is 1.55. The summed E-state index contributed by atoms with van der Waals surface area (Å²) in [6.45, 7) is 3.38. The van der Waals surface area contributed by atoms with Crippen molar-refractivity contribution in [1.29, 1.82) is 0 Å². The van der Waals surface area contributed by atoms with Gasteiger partial charge in [-0.05, 0) is 73.8 Å². The molecule has 1 unspecified atom stereocenters. The smallest absolute Gasteiger partial charge is 0.418 e. The maximum absolute atomic E-state index is 12.9. The zero-order chi connectivity index (χ0) is 32.8. The summed E-state index contributed by atoms with van der Waals surface area (Å²) in [4.78, 5) is 20.8. The van der Waals surface area contributed by atoms with Gasteiger partial charge in [-0.15, -0.1) is 0 Å². The number of nitrogens with zero attached hydrogens (tertiary/aromatic N) is 2. The fourth-order valence-corrected chi connectivity index (χ4v) is 6.75. The molecule has 0 saturated carbocycles. The Hall–Kier alpha value is -4.08. The Kier molecular flexibility index (Phi) is 10.8. The van der Waals surface area contributed by atoms with Gasteiger partial charge in [-0.1, -0.05) is 41.4 Å². The predicted octanol–water partition coefficient (Wildman–Crippen LogP) is 5.52. The molecular weight excluding hydrogens is 663 g/mol. The molecule has 16 heteroatoms. The topological polar surface area (TPSA) is 172 Å². The monoisotopic (exact) mass is 692 g/mol. The van der Waals surface area contributed by atoms with E-state index in [0.29, 0.717) is 28.3 Å². The van der Waals surface area contributed by atoms with E-state index in [2.05, 4.69) is 35.9 Å². The molecule has 0 bridgehead atoms. The number of halogens is 2. The van der Waals surface area contributed by atoms with E-state index in [1.165, 1.54) is 18.2 Å². The summed E-state index contributed by atoms with van der Waals surface area (Å²) in [5.74, 6) is 4.23. The molecule has 0 aliphatic rings. The third-order valence-corrected chi connectivity index (χ3v) is 10.00. The minimum absolute atomic E-state index is 0.0770. The molecular formula is C29H30Cl2N6O6S2. The molecule has 2 atom stereocenters. The van der Waals surface area contributed by atoms with Crippen LogP contribution >= 0.6 is 23.2 Å². The van der Waals surface area contributed by atoms with Crippen LogP contribution in [0.1, 0.15) is 13.8 Å². The molecule has 3 aromatic carbocycles. The molecule has 5 N–H and O–H groups in total. The van der Waals surface area contributed by atoms with E-state index in [0.717, 1.165) is 0 Å². The zero-order valence-electron chi connectivity index (χ0n) is 24.1. The van der Waals surface area contributed by atoms with Crippen LogP contribution in [-0.4, -0.2) is 58.9 Å². The van der Waals surface area contributed by atoms with Crippen LogP contribution in [-0.2, 0) is 24.5 Å². The molecule has 0 radical (unpaired) electrons. The molecule has 0 saturated heterocycles. The number of ether oxygens (including phenoxy) is 1. The van der Waals surface area contributed by atoms with E-state index in [9.17, 15) is 22.5 Å². The summed E-state index contributed by atoms with van der Waals surface area (Å²) in [5.41, 5.74) is 2.11. The molecule has 0 aliphatic carbocycles. The van der Waals surface area contributed by atoms with Crippen molar-refractivity contribution in [3.8, 4) is 11.1 Å². The van der Waals surface area contributed by atoms with Crippen molar-refractivity contribution in [2.24, 2.45) is 0 Å². The second-order valence-corrected chi connectivity index (χ2v) is 14.0. The van der Waals surface area contributed by atoms with Crippen LogP contribution in [0.25, 0.3) is 11.1 Å². The van der Waals surface area contributed by atoms with Gasteiger partial charge in [0.1, 0.15) is 10.7 Å². The van der Waals surface area contributed by atoms with Gasteiger partial charge in [0.05, 0.1) is 33.0 Å². The molecule has 1 heterocycles. The summed E-state index contributed by atoms with van der Waals surface area (Å²) < 4.78 is 48.2. The molecule has 12 nitrogen and oxygen atoms in total. The first-order valence-electron chi connectivity index (χ1n) is 13.3. The Morgan fingerprint density at radius 1 is 1.02 bits per heavy atom. The van der Waals surface area contributed by atoms with Crippen LogP contribution in [0.2, 0.25) is 10.0 Å². The fraction of sp³-hybridized carbons (Fsp3) is 0.172. The van der Waals surface area contributed by atoms with E-state index in [1.807, 2.05) is 0 Å². The fourth-order valence-electron chi connectivity index (χ4n) is 3.90. The third-order valence-electron chi connectivity index (χ3n) is 6.11. The quantitative estimate of drug-likeness (QED) is 0.119. The average molecular weight is 694 g/mol. The lowest BCUT2D eigenvalue weighted by Gasteiger charge is -2.17. The first-order chi connectivity index (χ1) is 21.3. The SMILES string of the molecule is C=S(=O)(NC(=O)OCC)c1ccc(Nc2ncc(-c3ccc(NS(=O)(=O)c4cccc(Cl)c4Cl)cc3)c(N[C@H](C)CO)n2)cc1. The highest BCUT2D eigenvalue weighted by Gasteiger charge is 2.20. The molecule has 45 heavy (non-hydrogen) atoms. The largest absolute Gasteiger partial charge is 0.449 e. The van der Waals surface area contributed by atoms with Crippen molar-refractivity contribution in [1.82, 2.24) is 14.7 Å². The van der Waals surface area contributed by atoms with E-state index >= 15 is 0 Å². The van der Waals surface area contributed by atoms with Gasteiger partial charge in [0.2, 0.25) is 5.95 Å². The number of benzene rings is 3. The summed E-state index contributed by atoms with van der Waals surface area (Å²) in [6, 6.07) is 16.9. The molecule has 4 rings (SSSR count).